The number of allylic oxidation sites excluding steroid dienone is 2. The lowest BCUT2D eigenvalue weighted by atomic mass is 9.60. The molecule has 0 fully saturated rings. The zero-order valence-corrected chi connectivity index (χ0v) is 16.1. The number of hydrogen-bond donors (Lipinski definition) is 1. The number of carbonyl (C=O) groups excluding carboxylic acids is 1. The largest absolute Gasteiger partial charge is 0.392 e. The normalized spacial score (nSPS) is 30.0. The molecule has 0 aromatic heterocycles. The maximum Gasteiger partial charge on any atom is 0.392 e. The molecule has 142 valence electrons. The Morgan fingerprint density at radius 1 is 1.33 bits per heavy atom. The number of ketones is 1. The highest BCUT2D eigenvalue weighted by Crippen LogP contribution is 2.53. The minimum atomic E-state index is -4.41. The Morgan fingerprint density at radius 3 is 2.78 bits per heavy atom. The first kappa shape index (κ1) is 18.4. The van der Waals surface area contributed by atoms with E-state index in [1.54, 1.807) is 6.20 Å². The maximum atomic E-state index is 13.3. The van der Waals surface area contributed by atoms with Gasteiger partial charge in [0.25, 0.3) is 0 Å². The van der Waals surface area contributed by atoms with Gasteiger partial charge in [0.05, 0.1) is 17.5 Å². The van der Waals surface area contributed by atoms with Crippen molar-refractivity contribution in [2.75, 3.05) is 0 Å². The topological polar surface area (TPSA) is 53.8 Å². The summed E-state index contributed by atoms with van der Waals surface area (Å²) in [6.45, 7) is 1.94. The summed E-state index contributed by atoms with van der Waals surface area (Å²) in [4.78, 5) is 13.0. The van der Waals surface area contributed by atoms with Gasteiger partial charge < -0.3 is 5.32 Å². The van der Waals surface area contributed by atoms with Gasteiger partial charge in [-0.25, -0.2) is 0 Å². The molecule has 0 bridgehead atoms. The van der Waals surface area contributed by atoms with E-state index in [0.717, 1.165) is 15.6 Å². The molecule has 0 spiro atoms. The minimum absolute atomic E-state index is 0.236. The highest BCUT2D eigenvalue weighted by molar-refractivity contribution is 9.10. The Hall–Kier alpha value is -1.96. The van der Waals surface area contributed by atoms with E-state index in [0.29, 0.717) is 17.7 Å². The molecule has 3 atom stereocenters. The number of fused-ring (bicyclic) bond motifs is 1. The SMILES string of the molecule is CC[C@@]1(c2cccc(Br)c2)C2=CN=NC2NC2=C1C(=O)C[C@H](C(F)(F)F)C2. The van der Waals surface area contributed by atoms with E-state index in [1.807, 2.05) is 31.2 Å². The summed E-state index contributed by atoms with van der Waals surface area (Å²) < 4.78 is 40.8. The van der Waals surface area contributed by atoms with Gasteiger partial charge in [-0.15, -0.1) is 0 Å². The van der Waals surface area contributed by atoms with Gasteiger partial charge in [-0.2, -0.15) is 23.4 Å². The minimum Gasteiger partial charge on any atom is -0.362 e. The lowest BCUT2D eigenvalue weighted by Gasteiger charge is -2.46. The van der Waals surface area contributed by atoms with Crippen molar-refractivity contribution in [3.63, 3.8) is 0 Å². The van der Waals surface area contributed by atoms with Crippen molar-refractivity contribution < 1.29 is 18.0 Å². The van der Waals surface area contributed by atoms with Gasteiger partial charge in [-0.1, -0.05) is 35.0 Å². The van der Waals surface area contributed by atoms with Gasteiger partial charge in [-0.3, -0.25) is 4.79 Å². The van der Waals surface area contributed by atoms with Gasteiger partial charge in [0.2, 0.25) is 0 Å². The standard InChI is InChI=1S/C19H17BrF3N3O/c1-2-18(10-4-3-5-12(20)6-10)13-9-24-26-17(13)25-14-7-11(19(21,22)23)8-15(27)16(14)18/h3-6,9,11,17,25H,2,7-8H2,1H3/t11-,17?,18-/m1/s1. The number of alkyl halides is 3. The third kappa shape index (κ3) is 2.76. The Balaban J connectivity index is 1.94. The molecule has 2 heterocycles. The molecular formula is C19H17BrF3N3O. The van der Waals surface area contributed by atoms with E-state index < -0.39 is 35.9 Å². The smallest absolute Gasteiger partial charge is 0.362 e. The molecule has 4 rings (SSSR count). The first-order chi connectivity index (χ1) is 12.8. The number of nitrogens with zero attached hydrogens (tertiary/aromatic N) is 2. The summed E-state index contributed by atoms with van der Waals surface area (Å²) in [5, 5.41) is 11.2. The molecule has 2 aliphatic heterocycles. The molecule has 1 aliphatic carbocycles. The molecule has 0 saturated carbocycles. The van der Waals surface area contributed by atoms with Crippen molar-refractivity contribution in [2.24, 2.45) is 16.1 Å². The molecule has 4 nitrogen and oxygen atoms in total. The fourth-order valence-electron chi connectivity index (χ4n) is 4.48. The summed E-state index contributed by atoms with van der Waals surface area (Å²) in [7, 11) is 0. The fourth-order valence-corrected chi connectivity index (χ4v) is 4.88. The summed E-state index contributed by atoms with van der Waals surface area (Å²) in [6, 6.07) is 7.56. The molecule has 0 saturated heterocycles. The number of halogens is 4. The van der Waals surface area contributed by atoms with E-state index in [2.05, 4.69) is 31.5 Å². The molecule has 1 unspecified atom stereocenters. The van der Waals surface area contributed by atoms with Gasteiger partial charge in [0.1, 0.15) is 0 Å². The van der Waals surface area contributed by atoms with E-state index >= 15 is 0 Å². The molecule has 3 aliphatic rings. The van der Waals surface area contributed by atoms with Crippen molar-refractivity contribution in [2.45, 2.75) is 43.9 Å². The lowest BCUT2D eigenvalue weighted by molar-refractivity contribution is -0.179. The van der Waals surface area contributed by atoms with Gasteiger partial charge >= 0.3 is 6.18 Å². The highest BCUT2D eigenvalue weighted by atomic mass is 79.9. The van der Waals surface area contributed by atoms with E-state index in [-0.39, 0.29) is 6.42 Å². The second-order valence-electron chi connectivity index (χ2n) is 7.06. The van der Waals surface area contributed by atoms with Crippen LogP contribution >= 0.6 is 15.9 Å². The fraction of sp³-hybridized carbons (Fsp3) is 0.421. The molecule has 1 aromatic carbocycles. The molecule has 0 radical (unpaired) electrons. The van der Waals surface area contributed by atoms with Crippen molar-refractivity contribution in [1.29, 1.82) is 0 Å². The van der Waals surface area contributed by atoms with E-state index in [4.69, 9.17) is 0 Å². The predicted molar refractivity (Wildman–Crippen MR) is 96.8 cm³/mol. The van der Waals surface area contributed by atoms with Gasteiger partial charge in [0.15, 0.2) is 11.9 Å². The number of nitrogens with one attached hydrogen (secondary N) is 1. The van der Waals surface area contributed by atoms with Crippen LogP contribution in [0, 0.1) is 5.92 Å². The van der Waals surface area contributed by atoms with Gasteiger partial charge in [0, 0.05) is 27.7 Å². The van der Waals surface area contributed by atoms with Crippen molar-refractivity contribution >= 4 is 21.7 Å². The van der Waals surface area contributed by atoms with Crippen LogP contribution in [-0.4, -0.2) is 18.1 Å². The van der Waals surface area contributed by atoms with Crippen LogP contribution in [0.15, 0.2) is 62.0 Å². The van der Waals surface area contributed by atoms with E-state index in [9.17, 15) is 18.0 Å². The lowest BCUT2D eigenvalue weighted by Crippen LogP contribution is -2.51. The van der Waals surface area contributed by atoms with Crippen molar-refractivity contribution in [3.05, 3.63) is 57.3 Å². The Bertz CT molecular complexity index is 906. The van der Waals surface area contributed by atoms with Crippen LogP contribution < -0.4 is 5.32 Å². The summed E-state index contributed by atoms with van der Waals surface area (Å²) in [5.41, 5.74) is 1.61. The third-order valence-corrected chi connectivity index (χ3v) is 6.17. The van der Waals surface area contributed by atoms with Crippen LogP contribution in [0.2, 0.25) is 0 Å². The molecule has 1 N–H and O–H groups in total. The number of azo groups is 1. The van der Waals surface area contributed by atoms with Gasteiger partial charge in [-0.05, 0) is 30.5 Å². The quantitative estimate of drug-likeness (QED) is 0.690. The highest BCUT2D eigenvalue weighted by Gasteiger charge is 2.54. The van der Waals surface area contributed by atoms with Crippen LogP contribution in [0.25, 0.3) is 0 Å². The first-order valence-electron chi connectivity index (χ1n) is 8.74. The number of carbonyl (C=O) groups is 1. The summed E-state index contributed by atoms with van der Waals surface area (Å²) in [5.74, 6) is -2.13. The van der Waals surface area contributed by atoms with Crippen LogP contribution in [0.1, 0.15) is 31.7 Å². The Kier molecular flexibility index (Phi) is 4.29. The monoisotopic (exact) mass is 439 g/mol. The molecule has 8 heteroatoms. The van der Waals surface area contributed by atoms with Crippen molar-refractivity contribution in [1.82, 2.24) is 5.32 Å². The first-order valence-corrected chi connectivity index (χ1v) is 9.53. The number of benzene rings is 1. The third-order valence-electron chi connectivity index (χ3n) is 5.68. The second kappa shape index (κ2) is 6.29. The molecule has 27 heavy (non-hydrogen) atoms. The number of Topliss-reactive ketones (excluding diaryl/α,β-unsaturated/α-hetero) is 1. The maximum absolute atomic E-state index is 13.3. The predicted octanol–water partition coefficient (Wildman–Crippen LogP) is 5.17. The van der Waals surface area contributed by atoms with Crippen LogP contribution in [0.3, 0.4) is 0 Å². The summed E-state index contributed by atoms with van der Waals surface area (Å²) >= 11 is 3.46. The second-order valence-corrected chi connectivity index (χ2v) is 7.97. The number of rotatable bonds is 2. The number of hydrogen-bond acceptors (Lipinski definition) is 4. The molecule has 0 amide bonds. The zero-order valence-electron chi connectivity index (χ0n) is 14.5. The molecular weight excluding hydrogens is 423 g/mol. The van der Waals surface area contributed by atoms with E-state index in [1.165, 1.54) is 0 Å². The van der Waals surface area contributed by atoms with Crippen LogP contribution in [0.4, 0.5) is 13.2 Å². The van der Waals surface area contributed by atoms with Crippen LogP contribution in [0.5, 0.6) is 0 Å². The average molecular weight is 440 g/mol. The van der Waals surface area contributed by atoms with Crippen molar-refractivity contribution in [3.8, 4) is 0 Å². The zero-order chi connectivity index (χ0) is 19.4. The molecule has 1 aromatic rings. The van der Waals surface area contributed by atoms with Crippen LogP contribution in [-0.2, 0) is 10.2 Å². The summed E-state index contributed by atoms with van der Waals surface area (Å²) in [6.07, 6.45) is -3.55. The average Bonchev–Trinajstić information content (AvgIpc) is 3.07. The Morgan fingerprint density at radius 2 is 2.11 bits per heavy atom. The Labute approximate surface area is 162 Å².